The number of carbonyl (C=O) groups is 2. The highest BCUT2D eigenvalue weighted by Crippen LogP contribution is 2.32. The second-order valence-electron chi connectivity index (χ2n) is 3.72. The van der Waals surface area contributed by atoms with Crippen molar-refractivity contribution in [3.8, 4) is 0 Å². The topological polar surface area (TPSA) is 57.6 Å². The average Bonchev–Trinajstić information content (AvgIpc) is 2.32. The molecule has 0 radical (unpaired) electrons. The number of carboxylic acid groups (broad SMARTS) is 1. The van der Waals surface area contributed by atoms with E-state index in [2.05, 4.69) is 0 Å². The maximum absolute atomic E-state index is 13.7. The number of halogens is 1. The molecule has 0 spiro atoms. The fourth-order valence-electron chi connectivity index (χ4n) is 1.93. The Morgan fingerprint density at radius 3 is 2.53 bits per heavy atom. The van der Waals surface area contributed by atoms with Gasteiger partial charge in [0.1, 0.15) is 5.82 Å². The van der Waals surface area contributed by atoms with Gasteiger partial charge in [0.15, 0.2) is 5.54 Å². The molecule has 1 rings (SSSR count). The number of benzene rings is 1. The van der Waals surface area contributed by atoms with Crippen LogP contribution in [0.25, 0.3) is 0 Å². The Bertz CT molecular complexity index is 436. The quantitative estimate of drug-likeness (QED) is 0.794. The van der Waals surface area contributed by atoms with Gasteiger partial charge in [-0.25, -0.2) is 9.18 Å². The fraction of sp³-hybridized carbons (Fsp3) is 0.333. The number of likely N-dealkylation sites (N-methyl/N-ethyl adjacent to an activating group) is 1. The van der Waals surface area contributed by atoms with Gasteiger partial charge in [0, 0.05) is 12.6 Å². The Morgan fingerprint density at radius 2 is 2.12 bits per heavy atom. The third-order valence-corrected chi connectivity index (χ3v) is 2.95. The van der Waals surface area contributed by atoms with Crippen molar-refractivity contribution >= 4 is 12.4 Å². The Hall–Kier alpha value is -1.91. The van der Waals surface area contributed by atoms with E-state index < -0.39 is 17.3 Å². The van der Waals surface area contributed by atoms with E-state index in [1.807, 2.05) is 0 Å². The van der Waals surface area contributed by atoms with Crippen molar-refractivity contribution in [2.45, 2.75) is 18.9 Å². The predicted molar refractivity (Wildman–Crippen MR) is 59.8 cm³/mol. The standard InChI is InChI=1S/C12H14FNO3/c1-3-12(11(16)17,14(2)8-15)9-6-4-5-7-10(9)13/h4-8H,3H2,1-2H3,(H,16,17). The fourth-order valence-corrected chi connectivity index (χ4v) is 1.93. The number of amides is 1. The molecular weight excluding hydrogens is 225 g/mol. The highest BCUT2D eigenvalue weighted by atomic mass is 19.1. The number of hydrogen-bond acceptors (Lipinski definition) is 2. The van der Waals surface area contributed by atoms with E-state index in [9.17, 15) is 19.1 Å². The van der Waals surface area contributed by atoms with Gasteiger partial charge < -0.3 is 10.0 Å². The van der Waals surface area contributed by atoms with Crippen LogP contribution in [0.5, 0.6) is 0 Å². The van der Waals surface area contributed by atoms with E-state index >= 15 is 0 Å². The van der Waals surface area contributed by atoms with Crippen LogP contribution in [0.2, 0.25) is 0 Å². The van der Waals surface area contributed by atoms with Gasteiger partial charge in [-0.15, -0.1) is 0 Å². The molecule has 92 valence electrons. The van der Waals surface area contributed by atoms with Crippen molar-refractivity contribution in [2.75, 3.05) is 7.05 Å². The summed E-state index contributed by atoms with van der Waals surface area (Å²) in [5, 5.41) is 9.34. The van der Waals surface area contributed by atoms with E-state index in [-0.39, 0.29) is 12.0 Å². The first-order valence-electron chi connectivity index (χ1n) is 5.17. The molecule has 4 nitrogen and oxygen atoms in total. The van der Waals surface area contributed by atoms with Crippen LogP contribution in [0.15, 0.2) is 24.3 Å². The Morgan fingerprint density at radius 1 is 1.53 bits per heavy atom. The van der Waals surface area contributed by atoms with E-state index in [1.165, 1.54) is 25.2 Å². The first-order chi connectivity index (χ1) is 8.00. The molecule has 0 bridgehead atoms. The molecule has 1 amide bonds. The van der Waals surface area contributed by atoms with Gasteiger partial charge in [-0.05, 0) is 12.5 Å². The molecule has 5 heteroatoms. The van der Waals surface area contributed by atoms with Gasteiger partial charge in [0.2, 0.25) is 6.41 Å². The molecule has 1 aromatic rings. The molecule has 0 aromatic heterocycles. The third-order valence-electron chi connectivity index (χ3n) is 2.95. The minimum absolute atomic E-state index is 0.00963. The van der Waals surface area contributed by atoms with Crippen molar-refractivity contribution in [2.24, 2.45) is 0 Å². The summed E-state index contributed by atoms with van der Waals surface area (Å²) in [6.07, 6.45) is 0.475. The summed E-state index contributed by atoms with van der Waals surface area (Å²) in [5.41, 5.74) is -1.67. The molecular formula is C12H14FNO3. The zero-order chi connectivity index (χ0) is 13.1. The minimum Gasteiger partial charge on any atom is -0.479 e. The number of hydrogen-bond donors (Lipinski definition) is 1. The van der Waals surface area contributed by atoms with Crippen molar-refractivity contribution in [1.29, 1.82) is 0 Å². The second-order valence-corrected chi connectivity index (χ2v) is 3.72. The molecule has 1 atom stereocenters. The van der Waals surface area contributed by atoms with Crippen LogP contribution in [0.3, 0.4) is 0 Å². The van der Waals surface area contributed by atoms with E-state index in [4.69, 9.17) is 0 Å². The maximum atomic E-state index is 13.7. The molecule has 17 heavy (non-hydrogen) atoms. The van der Waals surface area contributed by atoms with Crippen molar-refractivity contribution < 1.29 is 19.1 Å². The Balaban J connectivity index is 3.48. The summed E-state index contributed by atoms with van der Waals surface area (Å²) < 4.78 is 13.7. The zero-order valence-electron chi connectivity index (χ0n) is 9.68. The smallest absolute Gasteiger partial charge is 0.334 e. The SMILES string of the molecule is CCC(C(=O)O)(c1ccccc1F)N(C)C=O. The lowest BCUT2D eigenvalue weighted by Gasteiger charge is -2.35. The minimum atomic E-state index is -1.66. The lowest BCUT2D eigenvalue weighted by atomic mass is 9.85. The average molecular weight is 239 g/mol. The molecule has 1 unspecified atom stereocenters. The van der Waals surface area contributed by atoms with Gasteiger partial charge in [0.05, 0.1) is 0 Å². The predicted octanol–water partition coefficient (Wildman–Crippen LogP) is 1.60. The van der Waals surface area contributed by atoms with Crippen molar-refractivity contribution in [1.82, 2.24) is 4.90 Å². The van der Waals surface area contributed by atoms with Gasteiger partial charge in [-0.3, -0.25) is 4.79 Å². The number of nitrogens with zero attached hydrogens (tertiary/aromatic N) is 1. The number of carbonyl (C=O) groups excluding carboxylic acids is 1. The van der Waals surface area contributed by atoms with Crippen LogP contribution >= 0.6 is 0 Å². The summed E-state index contributed by atoms with van der Waals surface area (Å²) in [7, 11) is 1.33. The van der Waals surface area contributed by atoms with Crippen LogP contribution in [0.4, 0.5) is 4.39 Å². The van der Waals surface area contributed by atoms with Crippen LogP contribution < -0.4 is 0 Å². The summed E-state index contributed by atoms with van der Waals surface area (Å²) in [6.45, 7) is 1.60. The molecule has 1 aromatic carbocycles. The first kappa shape index (κ1) is 13.2. The summed E-state index contributed by atoms with van der Waals surface area (Å²) in [6, 6.07) is 5.58. The summed E-state index contributed by atoms with van der Waals surface area (Å²) in [4.78, 5) is 23.3. The lowest BCUT2D eigenvalue weighted by molar-refractivity contribution is -0.155. The molecule has 1 N–H and O–H groups in total. The van der Waals surface area contributed by atoms with Crippen LogP contribution in [0, 0.1) is 5.82 Å². The molecule has 0 aliphatic heterocycles. The van der Waals surface area contributed by atoms with E-state index in [0.717, 1.165) is 4.90 Å². The lowest BCUT2D eigenvalue weighted by Crippen LogP contribution is -2.49. The van der Waals surface area contributed by atoms with Gasteiger partial charge in [-0.2, -0.15) is 0 Å². The van der Waals surface area contributed by atoms with Gasteiger partial charge in [0.25, 0.3) is 0 Å². The van der Waals surface area contributed by atoms with E-state index in [0.29, 0.717) is 6.41 Å². The second kappa shape index (κ2) is 4.95. The van der Waals surface area contributed by atoms with Crippen molar-refractivity contribution in [3.63, 3.8) is 0 Å². The van der Waals surface area contributed by atoms with Gasteiger partial charge in [-0.1, -0.05) is 25.1 Å². The third kappa shape index (κ3) is 2.00. The number of aliphatic carboxylic acids is 1. The van der Waals surface area contributed by atoms with Crippen molar-refractivity contribution in [3.05, 3.63) is 35.6 Å². The normalized spacial score (nSPS) is 13.8. The Kier molecular flexibility index (Phi) is 3.83. The van der Waals surface area contributed by atoms with Crippen LogP contribution in [0.1, 0.15) is 18.9 Å². The molecule has 0 aliphatic rings. The highest BCUT2D eigenvalue weighted by molar-refractivity contribution is 5.83. The maximum Gasteiger partial charge on any atom is 0.334 e. The van der Waals surface area contributed by atoms with E-state index in [1.54, 1.807) is 13.0 Å². The Labute approximate surface area is 98.7 Å². The largest absolute Gasteiger partial charge is 0.479 e. The summed E-state index contributed by atoms with van der Waals surface area (Å²) in [5.74, 6) is -1.88. The molecule has 0 fully saturated rings. The number of rotatable bonds is 5. The monoisotopic (exact) mass is 239 g/mol. The molecule has 0 aliphatic carbocycles. The highest BCUT2D eigenvalue weighted by Gasteiger charge is 2.44. The molecule has 0 saturated heterocycles. The molecule has 0 heterocycles. The summed E-state index contributed by atoms with van der Waals surface area (Å²) >= 11 is 0. The number of carboxylic acids is 1. The first-order valence-corrected chi connectivity index (χ1v) is 5.17. The zero-order valence-corrected chi connectivity index (χ0v) is 9.68. The molecule has 0 saturated carbocycles. The van der Waals surface area contributed by atoms with Crippen LogP contribution in [-0.2, 0) is 15.1 Å². The van der Waals surface area contributed by atoms with Crippen LogP contribution in [-0.4, -0.2) is 29.4 Å². The van der Waals surface area contributed by atoms with Gasteiger partial charge >= 0.3 is 5.97 Å².